The molecule has 0 spiro atoms. The fourth-order valence-electron chi connectivity index (χ4n) is 1.51. The molecule has 0 amide bonds. The van der Waals surface area contributed by atoms with Crippen LogP contribution >= 0.6 is 0 Å². The first-order chi connectivity index (χ1) is 8.47. The zero-order valence-corrected chi connectivity index (χ0v) is 11.0. The molecule has 0 bridgehead atoms. The third-order valence-corrected chi connectivity index (χ3v) is 3.25. The lowest BCUT2D eigenvalue weighted by Gasteiger charge is -2.05. The molecule has 0 aliphatic heterocycles. The minimum Gasteiger partial charge on any atom is -0.493 e. The molecule has 0 aliphatic rings. The molecule has 0 heterocycles. The molecule has 4 nitrogen and oxygen atoms in total. The number of rotatable bonds is 8. The van der Waals surface area contributed by atoms with Crippen molar-refractivity contribution in [3.05, 3.63) is 30.1 Å². The van der Waals surface area contributed by atoms with E-state index in [1.807, 2.05) is 0 Å². The van der Waals surface area contributed by atoms with Crippen molar-refractivity contribution in [1.29, 1.82) is 0 Å². The molecule has 0 aliphatic carbocycles. The van der Waals surface area contributed by atoms with Crippen molar-refractivity contribution in [3.8, 4) is 5.75 Å². The van der Waals surface area contributed by atoms with Crippen molar-refractivity contribution in [2.75, 3.05) is 12.4 Å². The predicted octanol–water partition coefficient (Wildman–Crippen LogP) is 2.05. The summed E-state index contributed by atoms with van der Waals surface area (Å²) >= 11 is 0. The number of unbranched alkanes of at least 4 members (excludes halogenated alkanes) is 3. The molecule has 18 heavy (non-hydrogen) atoms. The Labute approximate surface area is 107 Å². The number of hydrogen-bond acceptors (Lipinski definition) is 3. The van der Waals surface area contributed by atoms with Gasteiger partial charge < -0.3 is 4.74 Å². The third kappa shape index (κ3) is 7.24. The Kier molecular flexibility index (Phi) is 6.07. The summed E-state index contributed by atoms with van der Waals surface area (Å²) in [5, 5.41) is 4.88. The van der Waals surface area contributed by atoms with Crippen molar-refractivity contribution in [1.82, 2.24) is 0 Å². The number of hydrogen-bond donors (Lipinski definition) is 1. The van der Waals surface area contributed by atoms with Crippen LogP contribution in [0.3, 0.4) is 0 Å². The molecule has 0 atom stereocenters. The second-order valence-electron chi connectivity index (χ2n) is 4.09. The average molecular weight is 275 g/mol. The molecule has 1 aromatic rings. The zero-order chi connectivity index (χ0) is 13.4. The highest BCUT2D eigenvalue weighted by Crippen LogP contribution is 2.12. The van der Waals surface area contributed by atoms with E-state index in [9.17, 15) is 12.8 Å². The van der Waals surface area contributed by atoms with Gasteiger partial charge in [-0.3, -0.25) is 0 Å². The fourth-order valence-corrected chi connectivity index (χ4v) is 2.11. The summed E-state index contributed by atoms with van der Waals surface area (Å²) in [6.07, 6.45) is 3.04. The van der Waals surface area contributed by atoms with Crippen LogP contribution in [0.25, 0.3) is 0 Å². The molecule has 0 saturated carbocycles. The van der Waals surface area contributed by atoms with Crippen LogP contribution in [0.5, 0.6) is 5.75 Å². The number of halogens is 1. The van der Waals surface area contributed by atoms with E-state index in [0.717, 1.165) is 19.3 Å². The van der Waals surface area contributed by atoms with Gasteiger partial charge in [0.25, 0.3) is 0 Å². The van der Waals surface area contributed by atoms with Crippen LogP contribution in [0.1, 0.15) is 25.7 Å². The molecule has 0 unspecified atom stereocenters. The molecule has 0 aromatic heterocycles. The van der Waals surface area contributed by atoms with E-state index >= 15 is 0 Å². The van der Waals surface area contributed by atoms with Crippen molar-refractivity contribution >= 4 is 10.0 Å². The van der Waals surface area contributed by atoms with Gasteiger partial charge in [0.1, 0.15) is 11.6 Å². The smallest absolute Gasteiger partial charge is 0.209 e. The predicted molar refractivity (Wildman–Crippen MR) is 68.3 cm³/mol. The lowest BCUT2D eigenvalue weighted by Crippen LogP contribution is -2.16. The summed E-state index contributed by atoms with van der Waals surface area (Å²) in [4.78, 5) is 0. The number of sulfonamides is 1. The maximum absolute atomic E-state index is 12.8. The standard InChI is InChI=1S/C12H18FNO3S/c13-11-6-5-7-12(10-11)17-8-3-1-2-4-9-18(14,15)16/h5-7,10H,1-4,8-9H2,(H2,14,15,16). The van der Waals surface area contributed by atoms with E-state index < -0.39 is 10.0 Å². The Bertz CT molecular complexity index is 462. The molecule has 102 valence electrons. The third-order valence-electron chi connectivity index (χ3n) is 2.39. The second-order valence-corrected chi connectivity index (χ2v) is 5.82. The number of benzene rings is 1. The topological polar surface area (TPSA) is 69.4 Å². The van der Waals surface area contributed by atoms with Gasteiger partial charge in [0.05, 0.1) is 12.4 Å². The molecule has 2 N–H and O–H groups in total. The SMILES string of the molecule is NS(=O)(=O)CCCCCCOc1cccc(F)c1. The molecule has 1 aromatic carbocycles. The van der Waals surface area contributed by atoms with E-state index in [2.05, 4.69) is 0 Å². The lowest BCUT2D eigenvalue weighted by atomic mass is 10.2. The molecule has 1 rings (SSSR count). The van der Waals surface area contributed by atoms with Crippen LogP contribution in [-0.2, 0) is 10.0 Å². The Morgan fingerprint density at radius 1 is 1.17 bits per heavy atom. The highest BCUT2D eigenvalue weighted by atomic mass is 32.2. The van der Waals surface area contributed by atoms with Gasteiger partial charge in [-0.05, 0) is 25.0 Å². The lowest BCUT2D eigenvalue weighted by molar-refractivity contribution is 0.303. The van der Waals surface area contributed by atoms with Gasteiger partial charge in [-0.1, -0.05) is 18.9 Å². The quantitative estimate of drug-likeness (QED) is 0.738. The number of nitrogens with two attached hydrogens (primary N) is 1. The first-order valence-electron chi connectivity index (χ1n) is 5.86. The summed E-state index contributed by atoms with van der Waals surface area (Å²) in [5.74, 6) is 0.220. The molecular formula is C12H18FNO3S. The Morgan fingerprint density at radius 3 is 2.56 bits per heavy atom. The number of ether oxygens (including phenoxy) is 1. The summed E-state index contributed by atoms with van der Waals surface area (Å²) in [5.41, 5.74) is 0. The molecule has 0 saturated heterocycles. The van der Waals surface area contributed by atoms with Gasteiger partial charge in [0, 0.05) is 6.07 Å². The van der Waals surface area contributed by atoms with Gasteiger partial charge in [0.2, 0.25) is 10.0 Å². The normalized spacial score (nSPS) is 11.4. The van der Waals surface area contributed by atoms with Crippen LogP contribution in [-0.4, -0.2) is 20.8 Å². The zero-order valence-electron chi connectivity index (χ0n) is 10.1. The van der Waals surface area contributed by atoms with Crippen LogP contribution in [0.2, 0.25) is 0 Å². The largest absolute Gasteiger partial charge is 0.493 e. The first kappa shape index (κ1) is 14.9. The number of primary sulfonamides is 1. The average Bonchev–Trinajstić information content (AvgIpc) is 2.26. The van der Waals surface area contributed by atoms with Crippen molar-refractivity contribution < 1.29 is 17.5 Å². The van der Waals surface area contributed by atoms with E-state index in [0.29, 0.717) is 18.8 Å². The maximum atomic E-state index is 12.8. The molecule has 0 fully saturated rings. The Hall–Kier alpha value is -1.14. The van der Waals surface area contributed by atoms with Gasteiger partial charge in [0.15, 0.2) is 0 Å². The van der Waals surface area contributed by atoms with Crippen LogP contribution < -0.4 is 9.88 Å². The van der Waals surface area contributed by atoms with Crippen molar-refractivity contribution in [3.63, 3.8) is 0 Å². The minimum absolute atomic E-state index is 0.0255. The molecule has 6 heteroatoms. The maximum Gasteiger partial charge on any atom is 0.209 e. The fraction of sp³-hybridized carbons (Fsp3) is 0.500. The van der Waals surface area contributed by atoms with Crippen LogP contribution in [0.4, 0.5) is 4.39 Å². The van der Waals surface area contributed by atoms with Crippen LogP contribution in [0.15, 0.2) is 24.3 Å². The Morgan fingerprint density at radius 2 is 1.89 bits per heavy atom. The van der Waals surface area contributed by atoms with E-state index in [1.54, 1.807) is 12.1 Å². The van der Waals surface area contributed by atoms with Gasteiger partial charge in [-0.15, -0.1) is 0 Å². The summed E-state index contributed by atoms with van der Waals surface area (Å²) < 4.78 is 39.5. The highest BCUT2D eigenvalue weighted by Gasteiger charge is 2.01. The molecule has 0 radical (unpaired) electrons. The summed E-state index contributed by atoms with van der Waals surface area (Å²) in [6, 6.07) is 5.99. The summed E-state index contributed by atoms with van der Waals surface area (Å²) in [6.45, 7) is 0.499. The van der Waals surface area contributed by atoms with Gasteiger partial charge >= 0.3 is 0 Å². The van der Waals surface area contributed by atoms with Gasteiger partial charge in [-0.2, -0.15) is 0 Å². The highest BCUT2D eigenvalue weighted by molar-refractivity contribution is 7.89. The first-order valence-corrected chi connectivity index (χ1v) is 7.58. The van der Waals surface area contributed by atoms with Crippen LogP contribution in [0, 0.1) is 5.82 Å². The van der Waals surface area contributed by atoms with E-state index in [1.165, 1.54) is 12.1 Å². The Balaban J connectivity index is 2.06. The summed E-state index contributed by atoms with van der Waals surface area (Å²) in [7, 11) is -3.34. The minimum atomic E-state index is -3.34. The van der Waals surface area contributed by atoms with E-state index in [4.69, 9.17) is 9.88 Å². The molecular weight excluding hydrogens is 257 g/mol. The van der Waals surface area contributed by atoms with Crippen molar-refractivity contribution in [2.45, 2.75) is 25.7 Å². The van der Waals surface area contributed by atoms with E-state index in [-0.39, 0.29) is 11.6 Å². The monoisotopic (exact) mass is 275 g/mol. The second kappa shape index (κ2) is 7.33. The van der Waals surface area contributed by atoms with Gasteiger partial charge in [-0.25, -0.2) is 17.9 Å². The van der Waals surface area contributed by atoms with Crippen molar-refractivity contribution in [2.24, 2.45) is 5.14 Å².